The molecule has 0 atom stereocenters. The molecule has 1 aliphatic heterocycles. The second kappa shape index (κ2) is 9.08. The van der Waals surface area contributed by atoms with Crippen molar-refractivity contribution in [2.45, 2.75) is 24.2 Å². The molecule has 1 heterocycles. The molecule has 0 aliphatic carbocycles. The van der Waals surface area contributed by atoms with Gasteiger partial charge in [0.15, 0.2) is 0 Å². The minimum absolute atomic E-state index is 0.0801. The van der Waals surface area contributed by atoms with Gasteiger partial charge in [-0.2, -0.15) is 0 Å². The van der Waals surface area contributed by atoms with Gasteiger partial charge in [0.05, 0.1) is 10.6 Å². The van der Waals surface area contributed by atoms with E-state index in [-0.39, 0.29) is 42.0 Å². The maximum absolute atomic E-state index is 12.8. The van der Waals surface area contributed by atoms with E-state index in [0.29, 0.717) is 24.2 Å². The zero-order valence-electron chi connectivity index (χ0n) is 16.6. The summed E-state index contributed by atoms with van der Waals surface area (Å²) in [6.45, 7) is 0.577. The molecule has 1 saturated heterocycles. The molecule has 1 fully saturated rings. The number of likely N-dealkylation sites (tertiary alicyclic amines) is 1. The smallest absolute Gasteiger partial charge is 0.264 e. The fourth-order valence-electron chi connectivity index (χ4n) is 3.13. The van der Waals surface area contributed by atoms with Crippen molar-refractivity contribution in [1.82, 2.24) is 10.2 Å². The highest BCUT2D eigenvalue weighted by molar-refractivity contribution is 7.92. The van der Waals surface area contributed by atoms with Gasteiger partial charge in [0, 0.05) is 38.5 Å². The van der Waals surface area contributed by atoms with E-state index in [1.54, 1.807) is 30.3 Å². The van der Waals surface area contributed by atoms with Gasteiger partial charge >= 0.3 is 0 Å². The molecule has 0 saturated carbocycles. The number of anilines is 1. The van der Waals surface area contributed by atoms with Gasteiger partial charge in [-0.3, -0.25) is 23.6 Å². The average Bonchev–Trinajstić information content (AvgIpc) is 3.08. The number of para-hydroxylation sites is 1. The van der Waals surface area contributed by atoms with Gasteiger partial charge in [-0.25, -0.2) is 8.42 Å². The number of nitrogens with zero attached hydrogens (tertiary/aromatic N) is 2. The van der Waals surface area contributed by atoms with Crippen molar-refractivity contribution in [2.24, 2.45) is 0 Å². The molecule has 8 nitrogen and oxygen atoms in total. The maximum atomic E-state index is 12.8. The summed E-state index contributed by atoms with van der Waals surface area (Å²) in [4.78, 5) is 36.7. The third kappa shape index (κ3) is 4.68. The van der Waals surface area contributed by atoms with Crippen LogP contribution in [0.5, 0.6) is 0 Å². The zero-order valence-corrected chi connectivity index (χ0v) is 17.4. The zero-order chi connectivity index (χ0) is 21.7. The van der Waals surface area contributed by atoms with E-state index < -0.39 is 10.0 Å². The quantitative estimate of drug-likeness (QED) is 0.509. The summed E-state index contributed by atoms with van der Waals surface area (Å²) >= 11 is 0. The van der Waals surface area contributed by atoms with Crippen LogP contribution in [0.1, 0.15) is 29.6 Å². The van der Waals surface area contributed by atoms with Crippen LogP contribution in [0.15, 0.2) is 59.5 Å². The van der Waals surface area contributed by atoms with E-state index >= 15 is 0 Å². The van der Waals surface area contributed by atoms with Crippen molar-refractivity contribution in [3.05, 3.63) is 60.2 Å². The lowest BCUT2D eigenvalue weighted by atomic mass is 10.2. The molecule has 3 rings (SSSR count). The van der Waals surface area contributed by atoms with E-state index in [4.69, 9.17) is 0 Å². The van der Waals surface area contributed by atoms with E-state index in [1.807, 2.05) is 0 Å². The standard InChI is InChI=1S/C21H23N3O5S/c1-23(17-6-3-2-4-7-17)30(28,29)18-10-8-16(9-11-18)21(27)22-14-5-15-24-19(25)12-13-20(24)26/h2-4,6-11H,5,12-15H2,1H3,(H,22,27). The molecule has 0 aromatic heterocycles. The predicted molar refractivity (Wildman–Crippen MR) is 111 cm³/mol. The molecule has 0 unspecified atom stereocenters. The Bertz CT molecular complexity index is 1020. The summed E-state index contributed by atoms with van der Waals surface area (Å²) in [5.41, 5.74) is 0.860. The lowest BCUT2D eigenvalue weighted by Gasteiger charge is -2.19. The molecule has 3 amide bonds. The van der Waals surface area contributed by atoms with Crippen LogP contribution in [0.2, 0.25) is 0 Å². The third-order valence-corrected chi connectivity index (χ3v) is 6.69. The topological polar surface area (TPSA) is 104 Å². The first kappa shape index (κ1) is 21.5. The van der Waals surface area contributed by atoms with Crippen LogP contribution in [0, 0.1) is 0 Å². The van der Waals surface area contributed by atoms with Gasteiger partial charge < -0.3 is 5.32 Å². The summed E-state index contributed by atoms with van der Waals surface area (Å²) in [6.07, 6.45) is 0.956. The fourth-order valence-corrected chi connectivity index (χ4v) is 4.32. The van der Waals surface area contributed by atoms with Gasteiger partial charge in [-0.15, -0.1) is 0 Å². The SMILES string of the molecule is CN(c1ccccc1)S(=O)(=O)c1ccc(C(=O)NCCCN2C(=O)CCC2=O)cc1. The van der Waals surface area contributed by atoms with Gasteiger partial charge in [0.2, 0.25) is 11.8 Å². The Balaban J connectivity index is 1.56. The van der Waals surface area contributed by atoms with Crippen LogP contribution in [0.4, 0.5) is 5.69 Å². The molecule has 158 valence electrons. The second-order valence-electron chi connectivity index (χ2n) is 6.88. The highest BCUT2D eigenvalue weighted by atomic mass is 32.2. The lowest BCUT2D eigenvalue weighted by molar-refractivity contribution is -0.138. The monoisotopic (exact) mass is 429 g/mol. The highest BCUT2D eigenvalue weighted by Gasteiger charge is 2.28. The number of nitrogens with one attached hydrogen (secondary N) is 1. The molecular weight excluding hydrogens is 406 g/mol. The minimum atomic E-state index is -3.74. The van der Waals surface area contributed by atoms with Gasteiger partial charge in [-0.05, 0) is 42.8 Å². The summed E-state index contributed by atoms with van der Waals surface area (Å²) in [5, 5.41) is 2.71. The third-order valence-electron chi connectivity index (χ3n) is 4.89. The highest BCUT2D eigenvalue weighted by Crippen LogP contribution is 2.22. The average molecular weight is 429 g/mol. The van der Waals surface area contributed by atoms with Crippen LogP contribution in [0.3, 0.4) is 0 Å². The van der Waals surface area contributed by atoms with Crippen molar-refractivity contribution < 1.29 is 22.8 Å². The lowest BCUT2D eigenvalue weighted by Crippen LogP contribution is -2.33. The number of imide groups is 1. The Hall–Kier alpha value is -3.20. The Labute approximate surface area is 175 Å². The second-order valence-corrected chi connectivity index (χ2v) is 8.85. The van der Waals surface area contributed by atoms with E-state index in [1.165, 1.54) is 40.5 Å². The number of carbonyl (C=O) groups is 3. The number of hydrogen-bond donors (Lipinski definition) is 1. The molecule has 0 bridgehead atoms. The Morgan fingerprint density at radius 3 is 2.20 bits per heavy atom. The maximum Gasteiger partial charge on any atom is 0.264 e. The molecule has 0 radical (unpaired) electrons. The molecule has 2 aromatic carbocycles. The largest absolute Gasteiger partial charge is 0.352 e. The molecule has 30 heavy (non-hydrogen) atoms. The number of sulfonamides is 1. The van der Waals surface area contributed by atoms with Gasteiger partial charge in [0.25, 0.3) is 15.9 Å². The normalized spacial score (nSPS) is 14.1. The van der Waals surface area contributed by atoms with Crippen LogP contribution < -0.4 is 9.62 Å². The number of amides is 3. The summed E-state index contributed by atoms with van der Waals surface area (Å²) < 4.78 is 26.7. The molecule has 1 N–H and O–H groups in total. The number of benzene rings is 2. The van der Waals surface area contributed by atoms with Crippen molar-refractivity contribution in [3.63, 3.8) is 0 Å². The predicted octanol–water partition coefficient (Wildman–Crippen LogP) is 1.78. The molecule has 1 aliphatic rings. The first-order valence-corrected chi connectivity index (χ1v) is 11.0. The van der Waals surface area contributed by atoms with Crippen LogP contribution in [-0.2, 0) is 19.6 Å². The number of hydrogen-bond acceptors (Lipinski definition) is 5. The van der Waals surface area contributed by atoms with Crippen molar-refractivity contribution in [1.29, 1.82) is 0 Å². The van der Waals surface area contributed by atoms with Crippen molar-refractivity contribution in [3.8, 4) is 0 Å². The van der Waals surface area contributed by atoms with E-state index in [0.717, 1.165) is 0 Å². The molecule has 2 aromatic rings. The summed E-state index contributed by atoms with van der Waals surface area (Å²) in [6, 6.07) is 14.4. The van der Waals surface area contributed by atoms with Crippen LogP contribution in [0.25, 0.3) is 0 Å². The first-order chi connectivity index (χ1) is 14.3. The fraction of sp³-hybridized carbons (Fsp3) is 0.286. The summed E-state index contributed by atoms with van der Waals surface area (Å²) in [7, 11) is -2.27. The van der Waals surface area contributed by atoms with Crippen LogP contribution >= 0.6 is 0 Å². The first-order valence-electron chi connectivity index (χ1n) is 9.56. The molecular formula is C21H23N3O5S. The van der Waals surface area contributed by atoms with Crippen LogP contribution in [-0.4, -0.2) is 51.2 Å². The van der Waals surface area contributed by atoms with Crippen molar-refractivity contribution >= 4 is 33.4 Å². The molecule has 9 heteroatoms. The van der Waals surface area contributed by atoms with E-state index in [2.05, 4.69) is 5.32 Å². The molecule has 0 spiro atoms. The number of rotatable bonds is 8. The number of carbonyl (C=O) groups excluding carboxylic acids is 3. The Morgan fingerprint density at radius 1 is 1.00 bits per heavy atom. The summed E-state index contributed by atoms with van der Waals surface area (Å²) in [5.74, 6) is -0.707. The van der Waals surface area contributed by atoms with Gasteiger partial charge in [0.1, 0.15) is 0 Å². The van der Waals surface area contributed by atoms with Gasteiger partial charge in [-0.1, -0.05) is 18.2 Å². The van der Waals surface area contributed by atoms with Crippen molar-refractivity contribution in [2.75, 3.05) is 24.4 Å². The minimum Gasteiger partial charge on any atom is -0.352 e. The Kier molecular flexibility index (Phi) is 6.51. The Morgan fingerprint density at radius 2 is 1.60 bits per heavy atom. The van der Waals surface area contributed by atoms with E-state index in [9.17, 15) is 22.8 Å².